The molecule has 0 aliphatic rings. The maximum atomic E-state index is 10.1. The standard InChI is InChI=1S/C4H10O3S2/c1-3-4(2)8-9(5,6)7/h4H,3H2,1-2H3,(H,5,6,7)/t4-/m1/s1. The summed E-state index contributed by atoms with van der Waals surface area (Å²) in [6.45, 7) is 3.61. The van der Waals surface area contributed by atoms with Crippen molar-refractivity contribution in [1.82, 2.24) is 0 Å². The molecule has 0 aromatic rings. The van der Waals surface area contributed by atoms with Gasteiger partial charge >= 0.3 is 9.15 Å². The lowest BCUT2D eigenvalue weighted by molar-refractivity contribution is 0.502. The Morgan fingerprint density at radius 1 is 1.67 bits per heavy atom. The van der Waals surface area contributed by atoms with E-state index >= 15 is 0 Å². The minimum absolute atomic E-state index is 0.0278. The predicted octanol–water partition coefficient (Wildman–Crippen LogP) is 1.32. The first-order chi connectivity index (χ1) is 3.95. The van der Waals surface area contributed by atoms with Gasteiger partial charge in [0.1, 0.15) is 0 Å². The third-order valence-corrected chi connectivity index (χ3v) is 3.48. The van der Waals surface area contributed by atoms with Crippen LogP contribution in [0.15, 0.2) is 0 Å². The zero-order valence-electron chi connectivity index (χ0n) is 5.36. The van der Waals surface area contributed by atoms with Crippen LogP contribution < -0.4 is 0 Å². The van der Waals surface area contributed by atoms with Crippen LogP contribution in [0.1, 0.15) is 20.3 Å². The summed E-state index contributed by atoms with van der Waals surface area (Å²) in [6.07, 6.45) is 0.741. The zero-order chi connectivity index (χ0) is 7.49. The van der Waals surface area contributed by atoms with Crippen molar-refractivity contribution in [2.75, 3.05) is 0 Å². The molecule has 0 aromatic heterocycles. The first kappa shape index (κ1) is 9.26. The van der Waals surface area contributed by atoms with Crippen molar-refractivity contribution < 1.29 is 13.0 Å². The molecular weight excluding hydrogens is 160 g/mol. The van der Waals surface area contributed by atoms with E-state index in [9.17, 15) is 8.42 Å². The van der Waals surface area contributed by atoms with Gasteiger partial charge in [0.05, 0.1) is 0 Å². The summed E-state index contributed by atoms with van der Waals surface area (Å²) >= 11 is 0. The molecule has 0 bridgehead atoms. The van der Waals surface area contributed by atoms with Gasteiger partial charge in [0.15, 0.2) is 0 Å². The smallest absolute Gasteiger partial charge is 0.277 e. The van der Waals surface area contributed by atoms with Gasteiger partial charge in [-0.1, -0.05) is 13.8 Å². The van der Waals surface area contributed by atoms with Crippen molar-refractivity contribution >= 4 is 19.9 Å². The van der Waals surface area contributed by atoms with Crippen molar-refractivity contribution in [3.63, 3.8) is 0 Å². The van der Waals surface area contributed by atoms with Gasteiger partial charge < -0.3 is 0 Å². The molecule has 0 radical (unpaired) electrons. The average molecular weight is 170 g/mol. The molecule has 0 saturated carbocycles. The number of rotatable bonds is 3. The molecule has 1 atom stereocenters. The summed E-state index contributed by atoms with van der Waals surface area (Å²) in [5.41, 5.74) is 0. The monoisotopic (exact) mass is 170 g/mol. The molecule has 1 N–H and O–H groups in total. The van der Waals surface area contributed by atoms with Crippen LogP contribution in [0, 0.1) is 0 Å². The summed E-state index contributed by atoms with van der Waals surface area (Å²) in [5.74, 6) is 0. The van der Waals surface area contributed by atoms with Gasteiger partial charge in [-0.2, -0.15) is 8.42 Å². The highest BCUT2D eigenvalue weighted by Crippen LogP contribution is 2.18. The summed E-state index contributed by atoms with van der Waals surface area (Å²) in [6, 6.07) is 0. The Morgan fingerprint density at radius 3 is 2.22 bits per heavy atom. The van der Waals surface area contributed by atoms with E-state index in [2.05, 4.69) is 0 Å². The summed E-state index contributed by atoms with van der Waals surface area (Å²) in [5, 5.41) is -0.0278. The topological polar surface area (TPSA) is 54.4 Å². The minimum atomic E-state index is -3.82. The largest absolute Gasteiger partial charge is 0.319 e. The SMILES string of the molecule is CC[C@@H](C)SS(=O)(=O)O. The lowest BCUT2D eigenvalue weighted by Crippen LogP contribution is -1.99. The van der Waals surface area contributed by atoms with Gasteiger partial charge in [-0.05, 0) is 17.2 Å². The lowest BCUT2D eigenvalue weighted by Gasteiger charge is -2.01. The van der Waals surface area contributed by atoms with Gasteiger partial charge in [0, 0.05) is 5.25 Å². The van der Waals surface area contributed by atoms with Gasteiger partial charge in [-0.25, -0.2) is 0 Å². The predicted molar refractivity (Wildman–Crippen MR) is 38.9 cm³/mol. The minimum Gasteiger partial charge on any atom is -0.277 e. The molecule has 9 heavy (non-hydrogen) atoms. The molecule has 0 saturated heterocycles. The number of hydrogen-bond donors (Lipinski definition) is 1. The van der Waals surface area contributed by atoms with E-state index in [4.69, 9.17) is 4.55 Å². The molecule has 0 unspecified atom stereocenters. The second kappa shape index (κ2) is 3.43. The Labute approximate surface area is 59.0 Å². The fourth-order valence-corrected chi connectivity index (χ4v) is 2.48. The van der Waals surface area contributed by atoms with Crippen LogP contribution >= 0.6 is 10.8 Å². The van der Waals surface area contributed by atoms with E-state index < -0.39 is 9.15 Å². The van der Waals surface area contributed by atoms with Crippen LogP contribution in [0.5, 0.6) is 0 Å². The Hall–Kier alpha value is 0.260. The van der Waals surface area contributed by atoms with E-state index in [1.165, 1.54) is 0 Å². The third kappa shape index (κ3) is 6.14. The van der Waals surface area contributed by atoms with Crippen LogP contribution in [-0.2, 0) is 9.15 Å². The highest BCUT2D eigenvalue weighted by atomic mass is 33.1. The van der Waals surface area contributed by atoms with Gasteiger partial charge in [0.25, 0.3) is 0 Å². The fourth-order valence-electron chi connectivity index (χ4n) is 0.276. The molecule has 0 spiro atoms. The summed E-state index contributed by atoms with van der Waals surface area (Å²) in [7, 11) is -3.23. The molecule has 3 nitrogen and oxygen atoms in total. The van der Waals surface area contributed by atoms with Crippen LogP contribution in [0.3, 0.4) is 0 Å². The van der Waals surface area contributed by atoms with E-state index in [0.717, 1.165) is 6.42 Å². The van der Waals surface area contributed by atoms with E-state index in [1.54, 1.807) is 6.92 Å². The fraction of sp³-hybridized carbons (Fsp3) is 1.00. The summed E-state index contributed by atoms with van der Waals surface area (Å²) in [4.78, 5) is 0. The molecule has 0 amide bonds. The second-order valence-electron chi connectivity index (χ2n) is 1.74. The summed E-state index contributed by atoms with van der Waals surface area (Å²) < 4.78 is 28.5. The Bertz CT molecular complexity index is 161. The van der Waals surface area contributed by atoms with E-state index in [-0.39, 0.29) is 5.25 Å². The van der Waals surface area contributed by atoms with E-state index in [0.29, 0.717) is 10.8 Å². The van der Waals surface area contributed by atoms with Gasteiger partial charge in [-0.3, -0.25) is 4.55 Å². The molecule has 0 aliphatic heterocycles. The van der Waals surface area contributed by atoms with Gasteiger partial charge in [0.2, 0.25) is 0 Å². The van der Waals surface area contributed by atoms with Crippen molar-refractivity contribution in [3.05, 3.63) is 0 Å². The highest BCUT2D eigenvalue weighted by molar-refractivity contribution is 8.70. The second-order valence-corrected chi connectivity index (χ2v) is 5.44. The van der Waals surface area contributed by atoms with Crippen molar-refractivity contribution in [2.24, 2.45) is 0 Å². The normalized spacial score (nSPS) is 15.4. The molecular formula is C4H10O3S2. The quantitative estimate of drug-likeness (QED) is 0.512. The van der Waals surface area contributed by atoms with E-state index in [1.807, 2.05) is 6.92 Å². The van der Waals surface area contributed by atoms with Crippen molar-refractivity contribution in [1.29, 1.82) is 0 Å². The lowest BCUT2D eigenvalue weighted by atomic mass is 10.4. The molecule has 0 rings (SSSR count). The van der Waals surface area contributed by atoms with Crippen LogP contribution in [-0.4, -0.2) is 18.2 Å². The van der Waals surface area contributed by atoms with Crippen LogP contribution in [0.4, 0.5) is 0 Å². The maximum absolute atomic E-state index is 10.1. The molecule has 0 fully saturated rings. The maximum Gasteiger partial charge on any atom is 0.319 e. The van der Waals surface area contributed by atoms with Crippen LogP contribution in [0.2, 0.25) is 0 Å². The number of hydrogen-bond acceptors (Lipinski definition) is 3. The third-order valence-electron chi connectivity index (χ3n) is 0.861. The molecule has 0 heterocycles. The molecule has 5 heteroatoms. The highest BCUT2D eigenvalue weighted by Gasteiger charge is 2.10. The van der Waals surface area contributed by atoms with Crippen molar-refractivity contribution in [2.45, 2.75) is 25.5 Å². The molecule has 0 aromatic carbocycles. The average Bonchev–Trinajstić information content (AvgIpc) is 1.62. The molecule has 0 aliphatic carbocycles. The molecule has 56 valence electrons. The van der Waals surface area contributed by atoms with Crippen LogP contribution in [0.25, 0.3) is 0 Å². The van der Waals surface area contributed by atoms with Gasteiger partial charge in [-0.15, -0.1) is 0 Å². The Kier molecular flexibility index (Phi) is 3.53. The van der Waals surface area contributed by atoms with Crippen molar-refractivity contribution in [3.8, 4) is 0 Å². The Morgan fingerprint density at radius 2 is 2.11 bits per heavy atom. The first-order valence-corrected chi connectivity index (χ1v) is 5.45. The Balaban J connectivity index is 3.75. The first-order valence-electron chi connectivity index (χ1n) is 2.61. The zero-order valence-corrected chi connectivity index (χ0v) is 7.00.